The zero-order chi connectivity index (χ0) is 12.9. The number of aromatic amines is 1. The molecule has 1 N–H and O–H groups in total. The highest BCUT2D eigenvalue weighted by molar-refractivity contribution is 5.03. The zero-order valence-electron chi connectivity index (χ0n) is 9.76. The van der Waals surface area contributed by atoms with Crippen molar-refractivity contribution in [2.45, 2.75) is 25.4 Å². The van der Waals surface area contributed by atoms with Crippen LogP contribution in [-0.4, -0.2) is 35.0 Å². The largest absolute Gasteiger partial charge is 0.378 e. The first-order valence-corrected chi connectivity index (χ1v) is 5.77. The standard InChI is InChI=1S/C11H13FN2O4/c1-5-2-14(11(16)13-9(5)15)10-8(12)6-3-17-4-7(6)18-10/h2,6-8,10H,3-4H2,1H3,(H,13,15,16)/t6-,7+,8-,10+/m0/s1. The molecule has 3 rings (SSSR count). The molecule has 0 aliphatic carbocycles. The fourth-order valence-corrected chi connectivity index (χ4v) is 2.45. The number of rotatable bonds is 1. The molecule has 2 aliphatic rings. The van der Waals surface area contributed by atoms with Crippen LogP contribution in [0.3, 0.4) is 0 Å². The molecule has 2 saturated heterocycles. The van der Waals surface area contributed by atoms with Gasteiger partial charge in [0.1, 0.15) is 0 Å². The lowest BCUT2D eigenvalue weighted by molar-refractivity contribution is -0.0407. The van der Waals surface area contributed by atoms with Crippen molar-refractivity contribution in [2.75, 3.05) is 13.2 Å². The Morgan fingerprint density at radius 2 is 2.22 bits per heavy atom. The van der Waals surface area contributed by atoms with Crippen LogP contribution in [0.1, 0.15) is 11.8 Å². The smallest absolute Gasteiger partial charge is 0.330 e. The molecule has 0 amide bonds. The van der Waals surface area contributed by atoms with Gasteiger partial charge in [0, 0.05) is 17.7 Å². The van der Waals surface area contributed by atoms with Crippen molar-refractivity contribution in [1.82, 2.24) is 9.55 Å². The van der Waals surface area contributed by atoms with Gasteiger partial charge in [0.25, 0.3) is 5.56 Å². The lowest BCUT2D eigenvalue weighted by atomic mass is 10.0. The maximum Gasteiger partial charge on any atom is 0.330 e. The third-order valence-corrected chi connectivity index (χ3v) is 3.49. The fourth-order valence-electron chi connectivity index (χ4n) is 2.45. The minimum atomic E-state index is -1.31. The van der Waals surface area contributed by atoms with E-state index in [0.717, 1.165) is 4.57 Å². The van der Waals surface area contributed by atoms with E-state index in [1.165, 1.54) is 6.20 Å². The molecule has 18 heavy (non-hydrogen) atoms. The van der Waals surface area contributed by atoms with Crippen LogP contribution in [-0.2, 0) is 9.47 Å². The van der Waals surface area contributed by atoms with Gasteiger partial charge in [-0.1, -0.05) is 0 Å². The van der Waals surface area contributed by atoms with E-state index in [1.54, 1.807) is 6.92 Å². The number of ether oxygens (including phenoxy) is 2. The normalized spacial score (nSPS) is 34.8. The Balaban J connectivity index is 1.99. The van der Waals surface area contributed by atoms with Crippen LogP contribution in [0.15, 0.2) is 15.8 Å². The first-order valence-electron chi connectivity index (χ1n) is 5.77. The zero-order valence-corrected chi connectivity index (χ0v) is 9.76. The van der Waals surface area contributed by atoms with Crippen LogP contribution in [0.25, 0.3) is 0 Å². The number of H-pyrrole nitrogens is 1. The molecule has 6 nitrogen and oxygen atoms in total. The Hall–Kier alpha value is -1.47. The number of hydrogen-bond acceptors (Lipinski definition) is 4. The number of alkyl halides is 1. The molecule has 7 heteroatoms. The van der Waals surface area contributed by atoms with Gasteiger partial charge in [0.15, 0.2) is 12.4 Å². The van der Waals surface area contributed by atoms with Crippen LogP contribution in [0, 0.1) is 12.8 Å². The molecule has 4 atom stereocenters. The SMILES string of the molecule is Cc1cn([C@@H]2O[C@@H]3COC[C@@H]3[C@@H]2F)c(=O)[nH]c1=O. The number of hydrogen-bond donors (Lipinski definition) is 1. The van der Waals surface area contributed by atoms with Gasteiger partial charge in [-0.2, -0.15) is 0 Å². The second-order valence-corrected chi connectivity index (χ2v) is 4.69. The molecule has 0 saturated carbocycles. The monoisotopic (exact) mass is 256 g/mol. The molecule has 0 aromatic carbocycles. The van der Waals surface area contributed by atoms with E-state index in [9.17, 15) is 14.0 Å². The fraction of sp³-hybridized carbons (Fsp3) is 0.636. The minimum absolute atomic E-state index is 0.305. The summed E-state index contributed by atoms with van der Waals surface area (Å²) < 4.78 is 25.9. The Morgan fingerprint density at radius 3 is 2.94 bits per heavy atom. The topological polar surface area (TPSA) is 73.3 Å². The third-order valence-electron chi connectivity index (χ3n) is 3.49. The summed E-state index contributed by atoms with van der Waals surface area (Å²) in [5, 5.41) is 0. The van der Waals surface area contributed by atoms with Crippen molar-refractivity contribution in [3.63, 3.8) is 0 Å². The molecular weight excluding hydrogens is 243 g/mol. The Morgan fingerprint density at radius 1 is 1.44 bits per heavy atom. The maximum absolute atomic E-state index is 14.2. The van der Waals surface area contributed by atoms with E-state index >= 15 is 0 Å². The molecule has 3 heterocycles. The second kappa shape index (κ2) is 4.03. The average molecular weight is 256 g/mol. The van der Waals surface area contributed by atoms with E-state index in [2.05, 4.69) is 4.98 Å². The molecule has 1 aromatic heterocycles. The Kier molecular flexibility index (Phi) is 2.60. The van der Waals surface area contributed by atoms with E-state index in [4.69, 9.17) is 9.47 Å². The van der Waals surface area contributed by atoms with Crippen molar-refractivity contribution in [3.8, 4) is 0 Å². The molecule has 0 unspecified atom stereocenters. The molecule has 0 spiro atoms. The average Bonchev–Trinajstić information content (AvgIpc) is 2.88. The number of aryl methyl sites for hydroxylation is 1. The van der Waals surface area contributed by atoms with Crippen molar-refractivity contribution in [3.05, 3.63) is 32.6 Å². The van der Waals surface area contributed by atoms with Gasteiger partial charge in [-0.15, -0.1) is 0 Å². The molecule has 2 fully saturated rings. The van der Waals surface area contributed by atoms with Gasteiger partial charge in [0.05, 0.1) is 19.3 Å². The van der Waals surface area contributed by atoms with Crippen molar-refractivity contribution < 1.29 is 13.9 Å². The minimum Gasteiger partial charge on any atom is -0.378 e. The van der Waals surface area contributed by atoms with Crippen molar-refractivity contribution in [2.24, 2.45) is 5.92 Å². The Bertz CT molecular complexity index is 581. The van der Waals surface area contributed by atoms with Crippen LogP contribution < -0.4 is 11.2 Å². The first kappa shape index (κ1) is 11.6. The van der Waals surface area contributed by atoms with E-state index in [-0.39, 0.29) is 12.0 Å². The number of aromatic nitrogens is 2. The van der Waals surface area contributed by atoms with E-state index < -0.39 is 23.6 Å². The summed E-state index contributed by atoms with van der Waals surface area (Å²) in [5.74, 6) is -0.339. The summed E-state index contributed by atoms with van der Waals surface area (Å²) in [5.41, 5.74) is -0.772. The quantitative estimate of drug-likeness (QED) is 0.750. The molecular formula is C11H13FN2O4. The summed E-state index contributed by atoms with van der Waals surface area (Å²) in [6.07, 6.45) is -1.27. The van der Waals surface area contributed by atoms with E-state index in [0.29, 0.717) is 18.8 Å². The summed E-state index contributed by atoms with van der Waals surface area (Å²) in [6, 6.07) is 0. The van der Waals surface area contributed by atoms with Gasteiger partial charge in [0.2, 0.25) is 0 Å². The first-order chi connectivity index (χ1) is 8.58. The van der Waals surface area contributed by atoms with Crippen molar-refractivity contribution >= 4 is 0 Å². The highest BCUT2D eigenvalue weighted by Crippen LogP contribution is 2.38. The van der Waals surface area contributed by atoms with Gasteiger partial charge in [-0.25, -0.2) is 9.18 Å². The number of nitrogens with zero attached hydrogens (tertiary/aromatic N) is 1. The number of fused-ring (bicyclic) bond motifs is 1. The highest BCUT2D eigenvalue weighted by Gasteiger charge is 2.49. The summed E-state index contributed by atoms with van der Waals surface area (Å²) >= 11 is 0. The summed E-state index contributed by atoms with van der Waals surface area (Å²) in [6.45, 7) is 2.21. The van der Waals surface area contributed by atoms with E-state index in [1.807, 2.05) is 0 Å². The van der Waals surface area contributed by atoms with Gasteiger partial charge >= 0.3 is 5.69 Å². The van der Waals surface area contributed by atoms with Crippen LogP contribution >= 0.6 is 0 Å². The summed E-state index contributed by atoms with van der Waals surface area (Å²) in [4.78, 5) is 25.1. The molecule has 0 radical (unpaired) electrons. The van der Waals surface area contributed by atoms with Gasteiger partial charge < -0.3 is 9.47 Å². The van der Waals surface area contributed by atoms with Crippen LogP contribution in [0.5, 0.6) is 0 Å². The Labute approximate surface area is 101 Å². The van der Waals surface area contributed by atoms with Crippen molar-refractivity contribution in [1.29, 1.82) is 0 Å². The predicted molar refractivity (Wildman–Crippen MR) is 59.2 cm³/mol. The molecule has 2 aliphatic heterocycles. The third kappa shape index (κ3) is 1.62. The van der Waals surface area contributed by atoms with Crippen LogP contribution in [0.4, 0.5) is 4.39 Å². The lowest BCUT2D eigenvalue weighted by Gasteiger charge is -2.17. The van der Waals surface area contributed by atoms with Gasteiger partial charge in [-0.05, 0) is 6.92 Å². The van der Waals surface area contributed by atoms with Crippen LogP contribution in [0.2, 0.25) is 0 Å². The number of halogens is 1. The lowest BCUT2D eigenvalue weighted by Crippen LogP contribution is -2.36. The molecule has 0 bridgehead atoms. The number of nitrogens with one attached hydrogen (secondary N) is 1. The molecule has 1 aromatic rings. The maximum atomic E-state index is 14.2. The van der Waals surface area contributed by atoms with Gasteiger partial charge in [-0.3, -0.25) is 14.3 Å². The second-order valence-electron chi connectivity index (χ2n) is 4.69. The molecule has 98 valence electrons. The summed E-state index contributed by atoms with van der Waals surface area (Å²) in [7, 11) is 0. The highest BCUT2D eigenvalue weighted by atomic mass is 19.1. The predicted octanol–water partition coefficient (Wildman–Crippen LogP) is -0.273.